The fraction of sp³-hybridized carbons (Fsp3) is 0.154. The second-order valence-electron chi connectivity index (χ2n) is 8.46. The summed E-state index contributed by atoms with van der Waals surface area (Å²) in [5, 5.41) is 15.2. The molecular formula is C26H23N7O2. The molecule has 9 nitrogen and oxygen atoms in total. The molecule has 2 aromatic carbocycles. The van der Waals surface area contributed by atoms with Gasteiger partial charge in [0.05, 0.1) is 6.20 Å². The van der Waals surface area contributed by atoms with Crippen LogP contribution < -0.4 is 10.6 Å². The number of H-pyrrole nitrogens is 1. The van der Waals surface area contributed by atoms with Crippen molar-refractivity contribution in [2.24, 2.45) is 0 Å². The van der Waals surface area contributed by atoms with Gasteiger partial charge in [0.2, 0.25) is 0 Å². The van der Waals surface area contributed by atoms with E-state index in [0.29, 0.717) is 18.2 Å². The minimum absolute atomic E-state index is 0.0749. The van der Waals surface area contributed by atoms with Crippen molar-refractivity contribution in [2.75, 3.05) is 18.4 Å². The van der Waals surface area contributed by atoms with Crippen molar-refractivity contribution in [3.63, 3.8) is 0 Å². The molecule has 0 amide bonds. The molecule has 0 spiro atoms. The second-order valence-corrected chi connectivity index (χ2v) is 8.46. The van der Waals surface area contributed by atoms with E-state index in [1.165, 1.54) is 4.57 Å². The van der Waals surface area contributed by atoms with Gasteiger partial charge in [-0.1, -0.05) is 24.3 Å². The molecule has 4 heterocycles. The molecule has 0 radical (unpaired) electrons. The summed E-state index contributed by atoms with van der Waals surface area (Å²) < 4.78 is 7.07. The smallest absolute Gasteiger partial charge is 0.418 e. The number of ether oxygens (including phenoxy) is 1. The number of carbonyl (C=O) groups is 1. The number of hydrogen-bond acceptors (Lipinski definition) is 7. The highest BCUT2D eigenvalue weighted by molar-refractivity contribution is 5.89. The first-order chi connectivity index (χ1) is 17.2. The summed E-state index contributed by atoms with van der Waals surface area (Å²) in [6.45, 7) is 1.58. The largest absolute Gasteiger partial charge is 0.444 e. The average Bonchev–Trinajstić information content (AvgIpc) is 3.66. The zero-order valence-corrected chi connectivity index (χ0v) is 18.8. The van der Waals surface area contributed by atoms with Crippen molar-refractivity contribution in [2.45, 2.75) is 12.5 Å². The Balaban J connectivity index is 1.20. The maximum atomic E-state index is 12.5. The number of anilines is 2. The van der Waals surface area contributed by atoms with Gasteiger partial charge in [-0.25, -0.2) is 14.8 Å². The molecule has 1 aliphatic rings. The fourth-order valence-electron chi connectivity index (χ4n) is 4.19. The number of aromatic nitrogens is 5. The molecule has 1 fully saturated rings. The lowest BCUT2D eigenvalue weighted by Crippen LogP contribution is -2.23. The van der Waals surface area contributed by atoms with Crippen LogP contribution in [-0.2, 0) is 4.74 Å². The lowest BCUT2D eigenvalue weighted by Gasteiger charge is -2.10. The van der Waals surface area contributed by atoms with Crippen LogP contribution in [0.25, 0.3) is 33.3 Å². The minimum Gasteiger partial charge on any atom is -0.444 e. The third kappa shape index (κ3) is 4.49. The van der Waals surface area contributed by atoms with Gasteiger partial charge in [0.25, 0.3) is 0 Å². The molecule has 35 heavy (non-hydrogen) atoms. The first-order valence-electron chi connectivity index (χ1n) is 11.4. The van der Waals surface area contributed by atoms with Crippen LogP contribution in [0.1, 0.15) is 6.42 Å². The number of nitrogens with one attached hydrogen (secondary N) is 3. The van der Waals surface area contributed by atoms with E-state index in [4.69, 9.17) is 4.74 Å². The van der Waals surface area contributed by atoms with Gasteiger partial charge in [0, 0.05) is 58.9 Å². The fourth-order valence-corrected chi connectivity index (χ4v) is 4.19. The molecule has 5 aromatic rings. The van der Waals surface area contributed by atoms with Crippen molar-refractivity contribution in [3.8, 4) is 22.5 Å². The summed E-state index contributed by atoms with van der Waals surface area (Å²) in [5.74, 6) is 1.29. The molecule has 9 heteroatoms. The van der Waals surface area contributed by atoms with Crippen molar-refractivity contribution in [3.05, 3.63) is 79.5 Å². The van der Waals surface area contributed by atoms with E-state index in [0.717, 1.165) is 46.1 Å². The van der Waals surface area contributed by atoms with Crippen LogP contribution in [0.4, 0.5) is 16.3 Å². The van der Waals surface area contributed by atoms with Gasteiger partial charge in [-0.3, -0.25) is 9.67 Å². The van der Waals surface area contributed by atoms with E-state index >= 15 is 0 Å². The Bertz CT molecular complexity index is 1470. The molecule has 3 N–H and O–H groups in total. The number of hydrogen-bond donors (Lipinski definition) is 3. The van der Waals surface area contributed by atoms with E-state index in [1.54, 1.807) is 24.8 Å². The second kappa shape index (κ2) is 9.03. The quantitative estimate of drug-likeness (QED) is 0.349. The van der Waals surface area contributed by atoms with Crippen molar-refractivity contribution < 1.29 is 9.53 Å². The molecular weight excluding hydrogens is 442 g/mol. The highest BCUT2D eigenvalue weighted by atomic mass is 16.6. The molecule has 1 saturated heterocycles. The molecule has 0 aliphatic carbocycles. The van der Waals surface area contributed by atoms with Crippen LogP contribution in [-0.4, -0.2) is 50.0 Å². The molecule has 1 unspecified atom stereocenters. The number of nitrogens with zero attached hydrogens (tertiary/aromatic N) is 4. The van der Waals surface area contributed by atoms with Crippen LogP contribution in [0.5, 0.6) is 0 Å². The van der Waals surface area contributed by atoms with Crippen LogP contribution >= 0.6 is 0 Å². The van der Waals surface area contributed by atoms with E-state index in [9.17, 15) is 4.79 Å². The zero-order chi connectivity index (χ0) is 23.6. The van der Waals surface area contributed by atoms with Gasteiger partial charge < -0.3 is 15.4 Å². The third-order valence-electron chi connectivity index (χ3n) is 6.04. The predicted octanol–water partition coefficient (Wildman–Crippen LogP) is 4.58. The monoisotopic (exact) mass is 465 g/mol. The number of carbonyl (C=O) groups excluding carboxylic acids is 1. The standard InChI is InChI=1S/C26H23N7O2/c34-26(35-23-7-9-27-14-23)33-15-19-2-1-18(11-20(19)16-33)25-28-10-8-24(32-25)31-22-5-3-17(4-6-22)21-12-29-30-13-21/h1-6,8,10-13,15-16,23,27H,7,9,14H2,(H,29,30)(H,28,31,32). The molecule has 174 valence electrons. The maximum Gasteiger partial charge on any atom is 0.418 e. The van der Waals surface area contributed by atoms with Crippen LogP contribution in [0, 0.1) is 0 Å². The Morgan fingerprint density at radius 2 is 1.89 bits per heavy atom. The Morgan fingerprint density at radius 1 is 1.03 bits per heavy atom. The van der Waals surface area contributed by atoms with Crippen molar-refractivity contribution in [1.29, 1.82) is 0 Å². The van der Waals surface area contributed by atoms with Gasteiger partial charge >= 0.3 is 6.09 Å². The minimum atomic E-state index is -0.363. The predicted molar refractivity (Wildman–Crippen MR) is 133 cm³/mol. The first kappa shape index (κ1) is 21.1. The Kier molecular flexibility index (Phi) is 5.44. The van der Waals surface area contributed by atoms with E-state index < -0.39 is 0 Å². The van der Waals surface area contributed by atoms with Crippen LogP contribution in [0.2, 0.25) is 0 Å². The van der Waals surface area contributed by atoms with Crippen molar-refractivity contribution in [1.82, 2.24) is 30.0 Å². The molecule has 1 aliphatic heterocycles. The van der Waals surface area contributed by atoms with Crippen LogP contribution in [0.3, 0.4) is 0 Å². The summed E-state index contributed by atoms with van der Waals surface area (Å²) >= 11 is 0. The zero-order valence-electron chi connectivity index (χ0n) is 18.8. The summed E-state index contributed by atoms with van der Waals surface area (Å²) in [6, 6.07) is 15.8. The highest BCUT2D eigenvalue weighted by Gasteiger charge is 2.20. The van der Waals surface area contributed by atoms with Gasteiger partial charge in [-0.15, -0.1) is 0 Å². The van der Waals surface area contributed by atoms with Gasteiger partial charge in [-0.2, -0.15) is 5.10 Å². The lowest BCUT2D eigenvalue weighted by molar-refractivity contribution is 0.109. The summed E-state index contributed by atoms with van der Waals surface area (Å²) in [5.41, 5.74) is 3.90. The molecule has 0 saturated carbocycles. The maximum absolute atomic E-state index is 12.5. The average molecular weight is 466 g/mol. The van der Waals surface area contributed by atoms with Gasteiger partial charge in [-0.05, 0) is 42.8 Å². The molecule has 1 atom stereocenters. The molecule has 6 rings (SSSR count). The topological polar surface area (TPSA) is 110 Å². The van der Waals surface area contributed by atoms with Crippen molar-refractivity contribution >= 4 is 28.4 Å². The number of rotatable bonds is 5. The van der Waals surface area contributed by atoms with Gasteiger partial charge in [0.1, 0.15) is 11.9 Å². The first-order valence-corrected chi connectivity index (χ1v) is 11.4. The normalized spacial score (nSPS) is 15.4. The number of fused-ring (bicyclic) bond motifs is 1. The Morgan fingerprint density at radius 3 is 2.69 bits per heavy atom. The third-order valence-corrected chi connectivity index (χ3v) is 6.04. The highest BCUT2D eigenvalue weighted by Crippen LogP contribution is 2.26. The Labute approximate surface area is 201 Å². The van der Waals surface area contributed by atoms with E-state index in [1.807, 2.05) is 54.7 Å². The molecule has 0 bridgehead atoms. The summed E-state index contributed by atoms with van der Waals surface area (Å²) in [7, 11) is 0. The number of aromatic amines is 1. The Hall–Kier alpha value is -4.50. The lowest BCUT2D eigenvalue weighted by atomic mass is 10.1. The summed E-state index contributed by atoms with van der Waals surface area (Å²) in [6.07, 6.45) is 9.36. The van der Waals surface area contributed by atoms with E-state index in [-0.39, 0.29) is 12.2 Å². The molecule has 3 aromatic heterocycles. The van der Waals surface area contributed by atoms with Gasteiger partial charge in [0.15, 0.2) is 5.82 Å². The SMILES string of the molecule is O=C(OC1CCNC1)n1cc2ccc(-c3nccc(Nc4ccc(-c5cn[nH]c5)cc4)n3)cc2c1. The van der Waals surface area contributed by atoms with E-state index in [2.05, 4.69) is 30.8 Å². The summed E-state index contributed by atoms with van der Waals surface area (Å²) in [4.78, 5) is 21.6. The number of benzene rings is 2. The van der Waals surface area contributed by atoms with Crippen LogP contribution in [0.15, 0.2) is 79.5 Å².